The van der Waals surface area contributed by atoms with Gasteiger partial charge in [0, 0.05) is 38.6 Å². The van der Waals surface area contributed by atoms with Crippen molar-refractivity contribution in [3.8, 4) is 44.6 Å². The van der Waals surface area contributed by atoms with Crippen LogP contribution in [0.5, 0.6) is 0 Å². The highest BCUT2D eigenvalue weighted by atomic mass is 32.1. The average molecular weight is 623 g/mol. The third-order valence-corrected chi connectivity index (χ3v) is 9.06. The van der Waals surface area contributed by atoms with Gasteiger partial charge in [0.25, 0.3) is 0 Å². The Labute approximate surface area is 274 Å². The molecule has 0 amide bonds. The third kappa shape index (κ3) is 4.81. The molecule has 0 unspecified atom stereocenters. The monoisotopic (exact) mass is 622 g/mol. The van der Waals surface area contributed by atoms with Gasteiger partial charge in [-0.15, -0.1) is 5.10 Å². The van der Waals surface area contributed by atoms with Crippen molar-refractivity contribution in [1.29, 1.82) is 0 Å². The molecule has 3 aromatic carbocycles. The maximum Gasteiger partial charge on any atom is 0.110 e. The van der Waals surface area contributed by atoms with Gasteiger partial charge in [0.15, 0.2) is 0 Å². The summed E-state index contributed by atoms with van der Waals surface area (Å²) in [5.74, 6) is 0. The zero-order valence-electron chi connectivity index (χ0n) is 25.1. The van der Waals surface area contributed by atoms with E-state index < -0.39 is 0 Å². The number of aromatic amines is 2. The normalized spacial score (nSPS) is 12.1. The van der Waals surface area contributed by atoms with Crippen LogP contribution in [0.2, 0.25) is 0 Å². The molecule has 9 rings (SSSR count). The second-order valence-electron chi connectivity index (χ2n) is 11.4. The van der Waals surface area contributed by atoms with Crippen molar-refractivity contribution in [3.05, 3.63) is 143 Å². The fourth-order valence-electron chi connectivity index (χ4n) is 6.47. The Kier molecular flexibility index (Phi) is 6.54. The van der Waals surface area contributed by atoms with E-state index in [1.165, 1.54) is 11.5 Å². The minimum Gasteiger partial charge on any atom is -0.354 e. The van der Waals surface area contributed by atoms with Crippen LogP contribution in [0.25, 0.3) is 91.0 Å². The number of benzene rings is 3. The number of nitrogens with zero attached hydrogens (tertiary/aromatic N) is 4. The lowest BCUT2D eigenvalue weighted by atomic mass is 10.0. The number of rotatable bonds is 4. The van der Waals surface area contributed by atoms with E-state index in [2.05, 4.69) is 141 Å². The molecule has 0 spiro atoms. The van der Waals surface area contributed by atoms with Crippen LogP contribution in [0.15, 0.2) is 121 Å². The summed E-state index contributed by atoms with van der Waals surface area (Å²) in [5.41, 5.74) is 15.2. The summed E-state index contributed by atoms with van der Waals surface area (Å²) in [5, 5.41) is 6.45. The van der Waals surface area contributed by atoms with Gasteiger partial charge in [-0.05, 0) is 76.8 Å². The maximum absolute atomic E-state index is 5.32. The second-order valence-corrected chi connectivity index (χ2v) is 12.0. The summed E-state index contributed by atoms with van der Waals surface area (Å²) in [6, 6.07) is 39.8. The predicted octanol–water partition coefficient (Wildman–Crippen LogP) is 10.2. The zero-order chi connectivity index (χ0) is 31.2. The molecule has 6 nitrogen and oxygen atoms in total. The van der Waals surface area contributed by atoms with Gasteiger partial charge in [-0.3, -0.25) is 0 Å². The molecule has 2 N–H and O–H groups in total. The lowest BCUT2D eigenvalue weighted by molar-refractivity contribution is 1.16. The van der Waals surface area contributed by atoms with Crippen molar-refractivity contribution in [2.45, 2.75) is 0 Å². The van der Waals surface area contributed by atoms with Crippen LogP contribution < -0.4 is 0 Å². The van der Waals surface area contributed by atoms with Crippen molar-refractivity contribution < 1.29 is 0 Å². The number of nitrogens with one attached hydrogen (secondary N) is 2. The van der Waals surface area contributed by atoms with Crippen molar-refractivity contribution in [2.75, 3.05) is 0 Å². The van der Waals surface area contributed by atoms with Gasteiger partial charge in [0.1, 0.15) is 5.69 Å². The van der Waals surface area contributed by atoms with Crippen LogP contribution in [0.1, 0.15) is 22.8 Å². The fourth-order valence-corrected chi connectivity index (χ4v) is 6.92. The highest BCUT2D eigenvalue weighted by Gasteiger charge is 2.19. The second kappa shape index (κ2) is 11.3. The van der Waals surface area contributed by atoms with E-state index in [4.69, 9.17) is 9.97 Å². The standard InChI is InChI=1S/C40H26N6S/c1-4-10-25(11-5-1)37-28-16-18-30(41-28)38(26-12-6-2-7-13-26)32-20-22-34(43-32)40(36-24-47-46-45-36)35-23-21-33(44-35)39(27-14-8-3-9-15-27)31-19-17-29(37)42-31/h1-24,41,44H. The molecule has 0 fully saturated rings. The average Bonchev–Trinajstić information content (AvgIpc) is 3.97. The Hall–Kier alpha value is -6.18. The predicted molar refractivity (Wildman–Crippen MR) is 194 cm³/mol. The number of H-pyrrole nitrogens is 2. The summed E-state index contributed by atoms with van der Waals surface area (Å²) in [6.45, 7) is 0. The summed E-state index contributed by atoms with van der Waals surface area (Å²) < 4.78 is 4.20. The Morgan fingerprint density at radius 3 is 1.13 bits per heavy atom. The molecular formula is C40H26N6S. The summed E-state index contributed by atoms with van der Waals surface area (Å²) in [4.78, 5) is 18.1. The van der Waals surface area contributed by atoms with Gasteiger partial charge in [-0.2, -0.15) is 0 Å². The van der Waals surface area contributed by atoms with Crippen LogP contribution in [0.4, 0.5) is 0 Å². The first-order chi connectivity index (χ1) is 23.3. The highest BCUT2D eigenvalue weighted by Crippen LogP contribution is 2.38. The molecule has 0 atom stereocenters. The largest absolute Gasteiger partial charge is 0.354 e. The van der Waals surface area contributed by atoms with Crippen molar-refractivity contribution in [1.82, 2.24) is 29.5 Å². The van der Waals surface area contributed by atoms with Crippen molar-refractivity contribution in [2.24, 2.45) is 0 Å². The Bertz CT molecular complexity index is 2450. The minimum atomic E-state index is 0.773. The van der Waals surface area contributed by atoms with Crippen molar-refractivity contribution >= 4 is 57.9 Å². The Morgan fingerprint density at radius 2 is 0.766 bits per heavy atom. The van der Waals surface area contributed by atoms with Crippen LogP contribution in [0, 0.1) is 0 Å². The van der Waals surface area contributed by atoms with E-state index in [9.17, 15) is 0 Å². The summed E-state index contributed by atoms with van der Waals surface area (Å²) in [6.07, 6.45) is 8.40. The lowest BCUT2D eigenvalue weighted by Crippen LogP contribution is -1.89. The van der Waals surface area contributed by atoms with Crippen LogP contribution in [0.3, 0.4) is 0 Å². The highest BCUT2D eigenvalue weighted by molar-refractivity contribution is 7.03. The quantitative estimate of drug-likeness (QED) is 0.205. The molecule has 7 aromatic rings. The molecule has 222 valence electrons. The van der Waals surface area contributed by atoms with Gasteiger partial charge in [-0.25, -0.2) is 9.97 Å². The number of fused-ring (bicyclic) bond motifs is 8. The number of hydrogen-bond donors (Lipinski definition) is 2. The summed E-state index contributed by atoms with van der Waals surface area (Å²) in [7, 11) is 0. The molecule has 0 aliphatic carbocycles. The molecular weight excluding hydrogens is 597 g/mol. The summed E-state index contributed by atoms with van der Waals surface area (Å²) >= 11 is 1.33. The molecule has 0 saturated heterocycles. The Morgan fingerprint density at radius 1 is 0.404 bits per heavy atom. The van der Waals surface area contributed by atoms with E-state index in [1.807, 2.05) is 23.6 Å². The minimum absolute atomic E-state index is 0.773. The first-order valence-electron chi connectivity index (χ1n) is 15.4. The number of hydrogen-bond acceptors (Lipinski definition) is 5. The molecule has 4 aromatic heterocycles. The third-order valence-electron chi connectivity index (χ3n) is 8.56. The van der Waals surface area contributed by atoms with Crippen molar-refractivity contribution in [3.63, 3.8) is 0 Å². The first kappa shape index (κ1) is 27.2. The molecule has 2 aliphatic heterocycles. The van der Waals surface area contributed by atoms with Crippen LogP contribution >= 0.6 is 11.5 Å². The van der Waals surface area contributed by atoms with Gasteiger partial charge >= 0.3 is 0 Å². The Balaban J connectivity index is 1.49. The van der Waals surface area contributed by atoms with E-state index >= 15 is 0 Å². The molecule has 7 heteroatoms. The molecule has 0 saturated carbocycles. The zero-order valence-corrected chi connectivity index (χ0v) is 25.9. The first-order valence-corrected chi connectivity index (χ1v) is 16.2. The number of aromatic nitrogens is 6. The van der Waals surface area contributed by atoms with E-state index in [1.54, 1.807) is 0 Å². The lowest BCUT2D eigenvalue weighted by Gasteiger charge is -2.06. The molecule has 8 bridgehead atoms. The van der Waals surface area contributed by atoms with E-state index in [0.29, 0.717) is 0 Å². The van der Waals surface area contributed by atoms with E-state index in [-0.39, 0.29) is 0 Å². The molecule has 2 aliphatic rings. The van der Waals surface area contributed by atoms with Gasteiger partial charge in [-0.1, -0.05) is 95.5 Å². The molecule has 0 radical (unpaired) electrons. The molecule has 47 heavy (non-hydrogen) atoms. The van der Waals surface area contributed by atoms with Gasteiger partial charge in [0.2, 0.25) is 0 Å². The van der Waals surface area contributed by atoms with Crippen LogP contribution in [-0.2, 0) is 0 Å². The molecule has 6 heterocycles. The van der Waals surface area contributed by atoms with Gasteiger partial charge < -0.3 is 9.97 Å². The van der Waals surface area contributed by atoms with E-state index in [0.717, 1.165) is 89.5 Å². The maximum atomic E-state index is 5.32. The smallest absolute Gasteiger partial charge is 0.110 e. The SMILES string of the molecule is C1=Cc2nc1c(-c1ccccc1)c1ccc([nH]1)c(-c1ccccc1)c1nc(c(-c3csnn3)c3ccc([nH]3)c2-c2ccccc2)C=C1. The topological polar surface area (TPSA) is 83.1 Å². The van der Waals surface area contributed by atoms with Gasteiger partial charge in [0.05, 0.1) is 33.9 Å². The fraction of sp³-hybridized carbons (Fsp3) is 0. The van der Waals surface area contributed by atoms with Crippen LogP contribution in [-0.4, -0.2) is 29.5 Å².